The SMILES string of the molecule is NCc1ccc2cccc(N3CCOCC3)c2n1. The van der Waals surface area contributed by atoms with Gasteiger partial charge in [-0.15, -0.1) is 0 Å². The Kier molecular flexibility index (Phi) is 3.13. The van der Waals surface area contributed by atoms with Gasteiger partial charge in [0.1, 0.15) is 0 Å². The van der Waals surface area contributed by atoms with Crippen LogP contribution in [0.3, 0.4) is 0 Å². The Morgan fingerprint density at radius 3 is 2.78 bits per heavy atom. The van der Waals surface area contributed by atoms with E-state index in [1.54, 1.807) is 0 Å². The number of morpholine rings is 1. The zero-order chi connectivity index (χ0) is 12.4. The van der Waals surface area contributed by atoms with Gasteiger partial charge < -0.3 is 15.4 Å². The number of ether oxygens (including phenoxy) is 1. The Hall–Kier alpha value is -1.65. The van der Waals surface area contributed by atoms with Crippen molar-refractivity contribution in [3.8, 4) is 0 Å². The van der Waals surface area contributed by atoms with Gasteiger partial charge in [-0.25, -0.2) is 4.98 Å². The molecule has 0 atom stereocenters. The molecule has 18 heavy (non-hydrogen) atoms. The molecule has 0 aliphatic carbocycles. The predicted molar refractivity (Wildman–Crippen MR) is 72.7 cm³/mol. The van der Waals surface area contributed by atoms with E-state index in [2.05, 4.69) is 34.1 Å². The molecule has 0 radical (unpaired) electrons. The normalized spacial score (nSPS) is 16.2. The van der Waals surface area contributed by atoms with E-state index in [9.17, 15) is 0 Å². The van der Waals surface area contributed by atoms with Gasteiger partial charge in [-0.3, -0.25) is 0 Å². The minimum absolute atomic E-state index is 0.480. The number of fused-ring (bicyclic) bond motifs is 1. The number of aromatic nitrogens is 1. The van der Waals surface area contributed by atoms with Gasteiger partial charge >= 0.3 is 0 Å². The summed E-state index contributed by atoms with van der Waals surface area (Å²) >= 11 is 0. The molecular weight excluding hydrogens is 226 g/mol. The van der Waals surface area contributed by atoms with E-state index in [1.165, 1.54) is 5.69 Å². The number of anilines is 1. The molecule has 1 fully saturated rings. The van der Waals surface area contributed by atoms with Crippen molar-refractivity contribution in [3.63, 3.8) is 0 Å². The highest BCUT2D eigenvalue weighted by Crippen LogP contribution is 2.26. The van der Waals surface area contributed by atoms with E-state index < -0.39 is 0 Å². The molecule has 2 N–H and O–H groups in total. The van der Waals surface area contributed by atoms with Crippen LogP contribution in [0.5, 0.6) is 0 Å². The monoisotopic (exact) mass is 243 g/mol. The smallest absolute Gasteiger partial charge is 0.0939 e. The van der Waals surface area contributed by atoms with E-state index in [1.807, 2.05) is 6.07 Å². The zero-order valence-electron chi connectivity index (χ0n) is 10.3. The van der Waals surface area contributed by atoms with Crippen LogP contribution in [-0.4, -0.2) is 31.3 Å². The zero-order valence-corrected chi connectivity index (χ0v) is 10.3. The third kappa shape index (κ3) is 2.05. The Labute approximate surface area is 106 Å². The fraction of sp³-hybridized carbons (Fsp3) is 0.357. The minimum atomic E-state index is 0.480. The molecule has 4 heteroatoms. The van der Waals surface area contributed by atoms with Crippen molar-refractivity contribution >= 4 is 16.6 Å². The first-order chi connectivity index (χ1) is 8.88. The highest BCUT2D eigenvalue weighted by Gasteiger charge is 2.14. The van der Waals surface area contributed by atoms with Gasteiger partial charge in [-0.05, 0) is 12.1 Å². The van der Waals surface area contributed by atoms with Crippen LogP contribution in [0, 0.1) is 0 Å². The molecule has 2 heterocycles. The third-order valence-electron chi connectivity index (χ3n) is 3.32. The van der Waals surface area contributed by atoms with E-state index in [0.717, 1.165) is 42.9 Å². The summed E-state index contributed by atoms with van der Waals surface area (Å²) in [6.07, 6.45) is 0. The minimum Gasteiger partial charge on any atom is -0.378 e. The number of rotatable bonds is 2. The van der Waals surface area contributed by atoms with E-state index in [-0.39, 0.29) is 0 Å². The van der Waals surface area contributed by atoms with E-state index in [0.29, 0.717) is 6.54 Å². The van der Waals surface area contributed by atoms with Gasteiger partial charge in [0.2, 0.25) is 0 Å². The molecule has 0 amide bonds. The number of benzene rings is 1. The summed E-state index contributed by atoms with van der Waals surface area (Å²) in [5.41, 5.74) is 8.84. The summed E-state index contributed by atoms with van der Waals surface area (Å²) in [5.74, 6) is 0. The van der Waals surface area contributed by atoms with Gasteiger partial charge in [0.05, 0.1) is 30.1 Å². The fourth-order valence-corrected chi connectivity index (χ4v) is 2.34. The van der Waals surface area contributed by atoms with Crippen LogP contribution < -0.4 is 10.6 Å². The van der Waals surface area contributed by atoms with Crippen LogP contribution >= 0.6 is 0 Å². The largest absolute Gasteiger partial charge is 0.378 e. The lowest BCUT2D eigenvalue weighted by atomic mass is 10.1. The highest BCUT2D eigenvalue weighted by molar-refractivity contribution is 5.91. The van der Waals surface area contributed by atoms with E-state index >= 15 is 0 Å². The fourth-order valence-electron chi connectivity index (χ4n) is 2.34. The van der Waals surface area contributed by atoms with Crippen molar-refractivity contribution in [1.82, 2.24) is 4.98 Å². The maximum absolute atomic E-state index is 5.67. The van der Waals surface area contributed by atoms with Crippen molar-refractivity contribution < 1.29 is 4.74 Å². The van der Waals surface area contributed by atoms with Crippen molar-refractivity contribution in [2.24, 2.45) is 5.73 Å². The predicted octanol–water partition coefficient (Wildman–Crippen LogP) is 1.53. The summed E-state index contributed by atoms with van der Waals surface area (Å²) in [5, 5.41) is 1.16. The average Bonchev–Trinajstić information content (AvgIpc) is 2.47. The summed E-state index contributed by atoms with van der Waals surface area (Å²) in [6.45, 7) is 3.90. The third-order valence-corrected chi connectivity index (χ3v) is 3.32. The second-order valence-corrected chi connectivity index (χ2v) is 4.45. The van der Waals surface area contributed by atoms with Crippen LogP contribution in [0.15, 0.2) is 30.3 Å². The standard InChI is InChI=1S/C14H17N3O/c15-10-12-5-4-11-2-1-3-13(14(11)16-12)17-6-8-18-9-7-17/h1-5H,6-10,15H2. The van der Waals surface area contributed by atoms with Crippen LogP contribution in [0.1, 0.15) is 5.69 Å². The number of hydrogen-bond acceptors (Lipinski definition) is 4. The lowest BCUT2D eigenvalue weighted by Gasteiger charge is -2.29. The number of pyridine rings is 1. The highest BCUT2D eigenvalue weighted by atomic mass is 16.5. The Balaban J connectivity index is 2.09. The molecule has 1 aromatic heterocycles. The molecule has 2 aromatic rings. The van der Waals surface area contributed by atoms with Crippen molar-refractivity contribution in [2.75, 3.05) is 31.2 Å². The lowest BCUT2D eigenvalue weighted by molar-refractivity contribution is 0.123. The van der Waals surface area contributed by atoms with Crippen LogP contribution in [0.2, 0.25) is 0 Å². The number of nitrogens with zero attached hydrogens (tertiary/aromatic N) is 2. The van der Waals surface area contributed by atoms with Crippen molar-refractivity contribution in [3.05, 3.63) is 36.0 Å². The molecule has 0 saturated carbocycles. The second-order valence-electron chi connectivity index (χ2n) is 4.45. The number of nitrogens with two attached hydrogens (primary N) is 1. The molecule has 1 aliphatic heterocycles. The van der Waals surface area contributed by atoms with Crippen molar-refractivity contribution in [1.29, 1.82) is 0 Å². The Morgan fingerprint density at radius 2 is 2.00 bits per heavy atom. The Morgan fingerprint density at radius 1 is 1.17 bits per heavy atom. The summed E-state index contributed by atoms with van der Waals surface area (Å²) in [4.78, 5) is 6.99. The van der Waals surface area contributed by atoms with Crippen molar-refractivity contribution in [2.45, 2.75) is 6.54 Å². The van der Waals surface area contributed by atoms with Crippen LogP contribution in [-0.2, 0) is 11.3 Å². The summed E-state index contributed by atoms with van der Waals surface area (Å²) in [6, 6.07) is 10.4. The summed E-state index contributed by atoms with van der Waals surface area (Å²) in [7, 11) is 0. The first kappa shape index (κ1) is 11.4. The van der Waals surface area contributed by atoms with Gasteiger partial charge in [0.15, 0.2) is 0 Å². The van der Waals surface area contributed by atoms with Crippen LogP contribution in [0.4, 0.5) is 5.69 Å². The van der Waals surface area contributed by atoms with Gasteiger partial charge in [-0.1, -0.05) is 18.2 Å². The molecule has 3 rings (SSSR count). The second kappa shape index (κ2) is 4.92. The van der Waals surface area contributed by atoms with Gasteiger partial charge in [0, 0.05) is 25.0 Å². The maximum atomic E-state index is 5.67. The lowest BCUT2D eigenvalue weighted by Crippen LogP contribution is -2.36. The first-order valence-electron chi connectivity index (χ1n) is 6.30. The average molecular weight is 243 g/mol. The molecule has 1 saturated heterocycles. The molecular formula is C14H17N3O. The molecule has 0 spiro atoms. The quantitative estimate of drug-likeness (QED) is 0.869. The topological polar surface area (TPSA) is 51.4 Å². The van der Waals surface area contributed by atoms with E-state index in [4.69, 9.17) is 10.5 Å². The molecule has 1 aliphatic rings. The Bertz CT molecular complexity index is 550. The molecule has 1 aromatic carbocycles. The molecule has 4 nitrogen and oxygen atoms in total. The van der Waals surface area contributed by atoms with Gasteiger partial charge in [-0.2, -0.15) is 0 Å². The number of para-hydroxylation sites is 1. The first-order valence-corrected chi connectivity index (χ1v) is 6.30. The molecule has 0 unspecified atom stereocenters. The van der Waals surface area contributed by atoms with Crippen LogP contribution in [0.25, 0.3) is 10.9 Å². The summed E-state index contributed by atoms with van der Waals surface area (Å²) < 4.78 is 5.40. The molecule has 94 valence electrons. The number of hydrogen-bond donors (Lipinski definition) is 1. The maximum Gasteiger partial charge on any atom is 0.0939 e. The van der Waals surface area contributed by atoms with Gasteiger partial charge in [0.25, 0.3) is 0 Å². The molecule has 0 bridgehead atoms.